The Kier molecular flexibility index (Phi) is 2.95. The molecule has 0 saturated heterocycles. The molecular weight excluding hydrogens is 223 g/mol. The van der Waals surface area contributed by atoms with Crippen molar-refractivity contribution in [1.82, 2.24) is 14.8 Å². The Morgan fingerprint density at radius 3 is 2.53 bits per heavy atom. The van der Waals surface area contributed by atoms with Gasteiger partial charge in [-0.2, -0.15) is 4.98 Å². The molecule has 0 radical (unpaired) electrons. The number of anilines is 1. The van der Waals surface area contributed by atoms with E-state index in [9.17, 15) is 4.39 Å². The lowest BCUT2D eigenvalue weighted by Crippen LogP contribution is -2.05. The average molecular weight is 236 g/mol. The Morgan fingerprint density at radius 1 is 1.29 bits per heavy atom. The fourth-order valence-corrected chi connectivity index (χ4v) is 1.34. The number of ether oxygens (including phenoxy) is 1. The molecule has 1 aromatic carbocycles. The van der Waals surface area contributed by atoms with Gasteiger partial charge in [0.05, 0.1) is 6.04 Å². The molecule has 2 rings (SSSR count). The zero-order valence-corrected chi connectivity index (χ0v) is 9.59. The van der Waals surface area contributed by atoms with Crippen molar-refractivity contribution in [3.05, 3.63) is 30.1 Å². The lowest BCUT2D eigenvalue weighted by atomic mass is 10.3. The van der Waals surface area contributed by atoms with Crippen molar-refractivity contribution in [2.45, 2.75) is 19.9 Å². The summed E-state index contributed by atoms with van der Waals surface area (Å²) in [4.78, 5) is 3.96. The van der Waals surface area contributed by atoms with Gasteiger partial charge in [0.15, 0.2) is 0 Å². The largest absolute Gasteiger partial charge is 0.424 e. The average Bonchev–Trinajstić information content (AvgIpc) is 2.63. The van der Waals surface area contributed by atoms with Crippen LogP contribution in [0.1, 0.15) is 19.9 Å². The highest BCUT2D eigenvalue weighted by Crippen LogP contribution is 2.22. The molecule has 90 valence electrons. The fraction of sp³-hybridized carbons (Fsp3) is 0.273. The molecule has 0 fully saturated rings. The highest BCUT2D eigenvalue weighted by Gasteiger charge is 2.12. The molecule has 0 unspecified atom stereocenters. The molecule has 1 heterocycles. The second-order valence-corrected chi connectivity index (χ2v) is 3.85. The van der Waals surface area contributed by atoms with Crippen LogP contribution >= 0.6 is 0 Å². The fourth-order valence-electron chi connectivity index (χ4n) is 1.34. The predicted octanol–water partition coefficient (Wildman–Crippen LogP) is 2.37. The first kappa shape index (κ1) is 11.4. The van der Waals surface area contributed by atoms with Crippen LogP contribution in [0.15, 0.2) is 24.3 Å². The van der Waals surface area contributed by atoms with Crippen LogP contribution in [-0.4, -0.2) is 14.8 Å². The first-order valence-electron chi connectivity index (χ1n) is 5.21. The SMILES string of the molecule is CC(C)n1nc(N)nc1Oc1ccc(F)cc1. The minimum Gasteiger partial charge on any atom is -0.424 e. The van der Waals surface area contributed by atoms with Gasteiger partial charge in [-0.25, -0.2) is 9.07 Å². The number of nitrogen functional groups attached to an aromatic ring is 1. The van der Waals surface area contributed by atoms with Crippen molar-refractivity contribution < 1.29 is 9.13 Å². The number of benzene rings is 1. The molecule has 0 atom stereocenters. The predicted molar refractivity (Wildman–Crippen MR) is 61.3 cm³/mol. The van der Waals surface area contributed by atoms with Crippen LogP contribution in [0, 0.1) is 5.82 Å². The van der Waals surface area contributed by atoms with E-state index in [2.05, 4.69) is 10.1 Å². The van der Waals surface area contributed by atoms with Gasteiger partial charge in [0, 0.05) is 0 Å². The maximum atomic E-state index is 12.7. The third kappa shape index (κ3) is 2.52. The number of hydrogen-bond acceptors (Lipinski definition) is 4. The summed E-state index contributed by atoms with van der Waals surface area (Å²) in [6, 6.07) is 6.04. The van der Waals surface area contributed by atoms with Crippen LogP contribution in [0.25, 0.3) is 0 Å². The Hall–Kier alpha value is -2.11. The Balaban J connectivity index is 2.26. The molecule has 0 aliphatic heterocycles. The summed E-state index contributed by atoms with van der Waals surface area (Å²) >= 11 is 0. The van der Waals surface area contributed by atoms with E-state index >= 15 is 0 Å². The van der Waals surface area contributed by atoms with E-state index in [0.29, 0.717) is 11.8 Å². The van der Waals surface area contributed by atoms with E-state index in [-0.39, 0.29) is 17.8 Å². The monoisotopic (exact) mass is 236 g/mol. The first-order valence-corrected chi connectivity index (χ1v) is 5.21. The van der Waals surface area contributed by atoms with Crippen LogP contribution in [0.3, 0.4) is 0 Å². The molecule has 0 spiro atoms. The van der Waals surface area contributed by atoms with E-state index in [4.69, 9.17) is 10.5 Å². The lowest BCUT2D eigenvalue weighted by molar-refractivity contribution is 0.376. The van der Waals surface area contributed by atoms with Crippen LogP contribution in [0.4, 0.5) is 10.3 Å². The standard InChI is InChI=1S/C11H13FN4O/c1-7(2)16-11(14-10(13)15-16)17-9-5-3-8(12)4-6-9/h3-7H,1-2H3,(H2,13,15). The number of nitrogens with zero attached hydrogens (tertiary/aromatic N) is 3. The number of nitrogens with two attached hydrogens (primary N) is 1. The molecular formula is C11H13FN4O. The van der Waals surface area contributed by atoms with Gasteiger partial charge in [0.2, 0.25) is 5.95 Å². The summed E-state index contributed by atoms with van der Waals surface area (Å²) < 4.78 is 19.8. The van der Waals surface area contributed by atoms with Gasteiger partial charge < -0.3 is 10.5 Å². The van der Waals surface area contributed by atoms with Gasteiger partial charge in [-0.3, -0.25) is 0 Å². The van der Waals surface area contributed by atoms with Crippen molar-refractivity contribution >= 4 is 5.95 Å². The van der Waals surface area contributed by atoms with Crippen LogP contribution in [0.5, 0.6) is 11.8 Å². The summed E-state index contributed by atoms with van der Waals surface area (Å²) in [6.07, 6.45) is 0. The van der Waals surface area contributed by atoms with Crippen molar-refractivity contribution in [1.29, 1.82) is 0 Å². The zero-order valence-electron chi connectivity index (χ0n) is 9.59. The quantitative estimate of drug-likeness (QED) is 0.888. The van der Waals surface area contributed by atoms with E-state index in [1.165, 1.54) is 24.3 Å². The molecule has 17 heavy (non-hydrogen) atoms. The molecule has 0 aliphatic carbocycles. The summed E-state index contributed by atoms with van der Waals surface area (Å²) in [5, 5.41) is 4.01. The summed E-state index contributed by atoms with van der Waals surface area (Å²) in [6.45, 7) is 3.87. The molecule has 0 bridgehead atoms. The maximum Gasteiger partial charge on any atom is 0.322 e. The van der Waals surface area contributed by atoms with E-state index in [0.717, 1.165) is 0 Å². The maximum absolute atomic E-state index is 12.7. The smallest absolute Gasteiger partial charge is 0.322 e. The third-order valence-electron chi connectivity index (χ3n) is 2.13. The Morgan fingerprint density at radius 2 is 1.94 bits per heavy atom. The van der Waals surface area contributed by atoms with Gasteiger partial charge >= 0.3 is 6.01 Å². The Labute approximate surface area is 98.0 Å². The minimum atomic E-state index is -0.317. The molecule has 0 amide bonds. The first-order chi connectivity index (χ1) is 8.06. The van der Waals surface area contributed by atoms with Crippen molar-refractivity contribution in [2.24, 2.45) is 0 Å². The summed E-state index contributed by atoms with van der Waals surface area (Å²) in [5.41, 5.74) is 5.51. The molecule has 5 nitrogen and oxygen atoms in total. The van der Waals surface area contributed by atoms with Crippen LogP contribution < -0.4 is 10.5 Å². The van der Waals surface area contributed by atoms with E-state index in [1.54, 1.807) is 4.68 Å². The second-order valence-electron chi connectivity index (χ2n) is 3.85. The molecule has 6 heteroatoms. The van der Waals surface area contributed by atoms with Crippen molar-refractivity contribution in [3.63, 3.8) is 0 Å². The van der Waals surface area contributed by atoms with Gasteiger partial charge in [0.25, 0.3) is 0 Å². The third-order valence-corrected chi connectivity index (χ3v) is 2.13. The lowest BCUT2D eigenvalue weighted by Gasteiger charge is -2.09. The molecule has 2 N–H and O–H groups in total. The molecule has 1 aromatic heterocycles. The molecule has 0 saturated carbocycles. The van der Waals surface area contributed by atoms with Crippen LogP contribution in [0.2, 0.25) is 0 Å². The zero-order chi connectivity index (χ0) is 12.4. The van der Waals surface area contributed by atoms with Gasteiger partial charge in [-0.1, -0.05) is 0 Å². The van der Waals surface area contributed by atoms with Gasteiger partial charge in [-0.05, 0) is 38.1 Å². The molecule has 0 aliphatic rings. The molecule has 2 aromatic rings. The highest BCUT2D eigenvalue weighted by atomic mass is 19.1. The minimum absolute atomic E-state index is 0.0789. The number of rotatable bonds is 3. The van der Waals surface area contributed by atoms with Crippen molar-refractivity contribution in [2.75, 3.05) is 5.73 Å². The van der Waals surface area contributed by atoms with E-state index in [1.807, 2.05) is 13.8 Å². The van der Waals surface area contributed by atoms with Crippen LogP contribution in [-0.2, 0) is 0 Å². The summed E-state index contributed by atoms with van der Waals surface area (Å²) in [5.74, 6) is 0.318. The number of hydrogen-bond donors (Lipinski definition) is 1. The summed E-state index contributed by atoms with van der Waals surface area (Å²) in [7, 11) is 0. The van der Waals surface area contributed by atoms with Gasteiger partial charge in [0.1, 0.15) is 11.6 Å². The Bertz CT molecular complexity index is 507. The number of aromatic nitrogens is 3. The topological polar surface area (TPSA) is 66.0 Å². The second kappa shape index (κ2) is 4.40. The van der Waals surface area contributed by atoms with Gasteiger partial charge in [-0.15, -0.1) is 5.10 Å². The normalized spacial score (nSPS) is 10.8. The number of halogens is 1. The highest BCUT2D eigenvalue weighted by molar-refractivity contribution is 5.27. The van der Waals surface area contributed by atoms with Crippen molar-refractivity contribution in [3.8, 4) is 11.8 Å². The van der Waals surface area contributed by atoms with E-state index < -0.39 is 0 Å².